The Morgan fingerprint density at radius 2 is 2.08 bits per heavy atom. The van der Waals surface area contributed by atoms with Gasteiger partial charge in [-0.25, -0.2) is 0 Å². The standard InChI is InChI=1S/C19H24N2O4/c1-13-2-4-16-15(10-13)14(12-20-16)3-5-17(22)21-19(11-18(23)24)6-8-25-9-7-19/h2,4,10,12,20H,3,5-9,11H2,1H3,(H,21,22)(H,23,24). The fourth-order valence-electron chi connectivity index (χ4n) is 3.50. The Hall–Kier alpha value is -2.34. The third-order valence-corrected chi connectivity index (χ3v) is 4.89. The van der Waals surface area contributed by atoms with Crippen molar-refractivity contribution in [2.75, 3.05) is 13.2 Å². The van der Waals surface area contributed by atoms with Gasteiger partial charge in [0.15, 0.2) is 0 Å². The lowest BCUT2D eigenvalue weighted by Gasteiger charge is -2.36. The van der Waals surface area contributed by atoms with E-state index in [9.17, 15) is 14.7 Å². The molecule has 1 amide bonds. The van der Waals surface area contributed by atoms with E-state index in [0.29, 0.717) is 38.9 Å². The minimum absolute atomic E-state index is 0.0611. The molecule has 1 aromatic carbocycles. The summed E-state index contributed by atoms with van der Waals surface area (Å²) in [6, 6.07) is 6.21. The van der Waals surface area contributed by atoms with Gasteiger partial charge in [0.05, 0.1) is 12.0 Å². The van der Waals surface area contributed by atoms with Crippen LogP contribution >= 0.6 is 0 Å². The molecule has 3 N–H and O–H groups in total. The van der Waals surface area contributed by atoms with Crippen LogP contribution in [0.15, 0.2) is 24.4 Å². The summed E-state index contributed by atoms with van der Waals surface area (Å²) in [5, 5.41) is 13.3. The second-order valence-electron chi connectivity index (χ2n) is 6.87. The number of nitrogens with one attached hydrogen (secondary N) is 2. The molecule has 2 aromatic rings. The number of H-pyrrole nitrogens is 1. The number of carboxylic acid groups (broad SMARTS) is 1. The summed E-state index contributed by atoms with van der Waals surface area (Å²) in [7, 11) is 0. The van der Waals surface area contributed by atoms with E-state index in [1.54, 1.807) is 0 Å². The van der Waals surface area contributed by atoms with E-state index >= 15 is 0 Å². The number of rotatable bonds is 6. The third-order valence-electron chi connectivity index (χ3n) is 4.89. The molecule has 0 saturated carbocycles. The predicted molar refractivity (Wildman–Crippen MR) is 94.5 cm³/mol. The fraction of sp³-hybridized carbons (Fsp3) is 0.474. The highest BCUT2D eigenvalue weighted by atomic mass is 16.5. The van der Waals surface area contributed by atoms with E-state index in [4.69, 9.17) is 4.74 Å². The van der Waals surface area contributed by atoms with Gasteiger partial charge in [0.2, 0.25) is 5.91 Å². The van der Waals surface area contributed by atoms with Crippen molar-refractivity contribution in [2.45, 2.75) is 44.6 Å². The summed E-state index contributed by atoms with van der Waals surface area (Å²) in [6.07, 6.45) is 3.92. The number of hydrogen-bond acceptors (Lipinski definition) is 3. The van der Waals surface area contributed by atoms with Crippen molar-refractivity contribution in [3.8, 4) is 0 Å². The number of hydrogen-bond donors (Lipinski definition) is 3. The molecule has 6 nitrogen and oxygen atoms in total. The first-order chi connectivity index (χ1) is 12.0. The molecule has 0 aliphatic carbocycles. The largest absolute Gasteiger partial charge is 0.481 e. The lowest BCUT2D eigenvalue weighted by molar-refractivity contribution is -0.140. The number of carbonyl (C=O) groups excluding carboxylic acids is 1. The van der Waals surface area contributed by atoms with Gasteiger partial charge in [-0.05, 0) is 43.9 Å². The normalized spacial score (nSPS) is 16.7. The maximum absolute atomic E-state index is 12.4. The van der Waals surface area contributed by atoms with Crippen molar-refractivity contribution in [1.82, 2.24) is 10.3 Å². The molecule has 0 unspecified atom stereocenters. The van der Waals surface area contributed by atoms with E-state index in [1.165, 1.54) is 5.56 Å². The van der Waals surface area contributed by atoms with E-state index in [0.717, 1.165) is 16.5 Å². The van der Waals surface area contributed by atoms with Crippen LogP contribution in [0, 0.1) is 6.92 Å². The first-order valence-corrected chi connectivity index (χ1v) is 8.65. The molecule has 0 atom stereocenters. The minimum Gasteiger partial charge on any atom is -0.481 e. The summed E-state index contributed by atoms with van der Waals surface area (Å²) in [5.41, 5.74) is 2.67. The lowest BCUT2D eigenvalue weighted by atomic mass is 9.86. The molecule has 1 aromatic heterocycles. The van der Waals surface area contributed by atoms with E-state index in [-0.39, 0.29) is 12.3 Å². The Labute approximate surface area is 146 Å². The van der Waals surface area contributed by atoms with Gasteiger partial charge in [-0.15, -0.1) is 0 Å². The van der Waals surface area contributed by atoms with Gasteiger partial charge in [-0.1, -0.05) is 11.6 Å². The Bertz CT molecular complexity index is 775. The molecular formula is C19H24N2O4. The molecule has 1 saturated heterocycles. The highest BCUT2D eigenvalue weighted by molar-refractivity contribution is 5.85. The molecule has 6 heteroatoms. The molecule has 0 spiro atoms. The highest BCUT2D eigenvalue weighted by Crippen LogP contribution is 2.25. The monoisotopic (exact) mass is 344 g/mol. The zero-order valence-corrected chi connectivity index (χ0v) is 14.4. The van der Waals surface area contributed by atoms with Crippen molar-refractivity contribution in [2.24, 2.45) is 0 Å². The molecule has 134 valence electrons. The highest BCUT2D eigenvalue weighted by Gasteiger charge is 2.36. The smallest absolute Gasteiger partial charge is 0.305 e. The number of aromatic amines is 1. The maximum Gasteiger partial charge on any atom is 0.305 e. The third kappa shape index (κ3) is 4.20. The number of aryl methyl sites for hydroxylation is 2. The second kappa shape index (κ2) is 7.27. The van der Waals surface area contributed by atoms with Gasteiger partial charge in [0.25, 0.3) is 0 Å². The molecule has 1 aliphatic rings. The average molecular weight is 344 g/mol. The summed E-state index contributed by atoms with van der Waals surface area (Å²) < 4.78 is 5.32. The van der Waals surface area contributed by atoms with Crippen molar-refractivity contribution in [3.05, 3.63) is 35.5 Å². The van der Waals surface area contributed by atoms with Crippen LogP contribution < -0.4 is 5.32 Å². The Morgan fingerprint density at radius 1 is 1.32 bits per heavy atom. The van der Waals surface area contributed by atoms with E-state index in [2.05, 4.69) is 22.4 Å². The van der Waals surface area contributed by atoms with Crippen LogP contribution in [-0.2, 0) is 20.7 Å². The summed E-state index contributed by atoms with van der Waals surface area (Å²) >= 11 is 0. The predicted octanol–water partition coefficient (Wildman–Crippen LogP) is 2.55. The van der Waals surface area contributed by atoms with Crippen LogP contribution in [0.3, 0.4) is 0 Å². The number of fused-ring (bicyclic) bond motifs is 1. The Balaban J connectivity index is 1.64. The quantitative estimate of drug-likeness (QED) is 0.751. The first-order valence-electron chi connectivity index (χ1n) is 8.65. The zero-order chi connectivity index (χ0) is 17.9. The first kappa shape index (κ1) is 17.5. The number of aromatic nitrogens is 1. The lowest BCUT2D eigenvalue weighted by Crippen LogP contribution is -2.53. The number of amides is 1. The molecule has 0 radical (unpaired) electrons. The van der Waals surface area contributed by atoms with Crippen molar-refractivity contribution < 1.29 is 19.4 Å². The van der Waals surface area contributed by atoms with Gasteiger partial charge in [-0.2, -0.15) is 0 Å². The van der Waals surface area contributed by atoms with E-state index < -0.39 is 11.5 Å². The van der Waals surface area contributed by atoms with Crippen LogP contribution in [0.25, 0.3) is 10.9 Å². The summed E-state index contributed by atoms with van der Waals surface area (Å²) in [6.45, 7) is 3.01. The van der Waals surface area contributed by atoms with Crippen molar-refractivity contribution in [1.29, 1.82) is 0 Å². The van der Waals surface area contributed by atoms with Crippen LogP contribution in [0.4, 0.5) is 0 Å². The number of ether oxygens (including phenoxy) is 1. The fourth-order valence-corrected chi connectivity index (χ4v) is 3.50. The SMILES string of the molecule is Cc1ccc2[nH]cc(CCC(=O)NC3(CC(=O)O)CCOCC3)c2c1. The molecule has 1 aliphatic heterocycles. The van der Waals surface area contributed by atoms with E-state index in [1.807, 2.05) is 19.2 Å². The molecule has 0 bridgehead atoms. The van der Waals surface area contributed by atoms with Gasteiger partial charge in [0, 0.05) is 36.7 Å². The number of carboxylic acids is 1. The maximum atomic E-state index is 12.4. The summed E-state index contributed by atoms with van der Waals surface area (Å²) in [4.78, 5) is 26.9. The second-order valence-corrected chi connectivity index (χ2v) is 6.87. The summed E-state index contributed by atoms with van der Waals surface area (Å²) in [5.74, 6) is -1.00. The van der Waals surface area contributed by atoms with Crippen molar-refractivity contribution >= 4 is 22.8 Å². The molecule has 25 heavy (non-hydrogen) atoms. The van der Waals surface area contributed by atoms with Gasteiger partial charge in [-0.3, -0.25) is 9.59 Å². The van der Waals surface area contributed by atoms with Crippen LogP contribution in [0.1, 0.15) is 36.8 Å². The van der Waals surface area contributed by atoms with Crippen LogP contribution in [0.5, 0.6) is 0 Å². The topological polar surface area (TPSA) is 91.4 Å². The molecule has 1 fully saturated rings. The number of benzene rings is 1. The Kier molecular flexibility index (Phi) is 5.08. The molecular weight excluding hydrogens is 320 g/mol. The van der Waals surface area contributed by atoms with Gasteiger partial charge >= 0.3 is 5.97 Å². The number of aliphatic carboxylic acids is 1. The number of carbonyl (C=O) groups is 2. The minimum atomic E-state index is -0.894. The zero-order valence-electron chi connectivity index (χ0n) is 14.4. The Morgan fingerprint density at radius 3 is 2.80 bits per heavy atom. The van der Waals surface area contributed by atoms with Gasteiger partial charge in [0.1, 0.15) is 0 Å². The van der Waals surface area contributed by atoms with Crippen LogP contribution in [-0.4, -0.2) is 40.7 Å². The van der Waals surface area contributed by atoms with Crippen molar-refractivity contribution in [3.63, 3.8) is 0 Å². The average Bonchev–Trinajstić information content (AvgIpc) is 2.95. The molecule has 2 heterocycles. The van der Waals surface area contributed by atoms with Gasteiger partial charge < -0.3 is 20.1 Å². The molecule has 3 rings (SSSR count). The van der Waals surface area contributed by atoms with Crippen LogP contribution in [0.2, 0.25) is 0 Å².